The first-order valence-electron chi connectivity index (χ1n) is 5.38. The van der Waals surface area contributed by atoms with Gasteiger partial charge in [-0.05, 0) is 17.5 Å². The molecule has 4 nitrogen and oxygen atoms in total. The molecular formula is C12H8N2O2S3. The summed E-state index contributed by atoms with van der Waals surface area (Å²) in [6, 6.07) is 3.87. The van der Waals surface area contributed by atoms with Crippen LogP contribution in [-0.4, -0.2) is 16.7 Å². The van der Waals surface area contributed by atoms with E-state index in [0.29, 0.717) is 15.7 Å². The first-order chi connectivity index (χ1) is 9.13. The van der Waals surface area contributed by atoms with E-state index in [1.54, 1.807) is 16.7 Å². The molecule has 0 aliphatic heterocycles. The van der Waals surface area contributed by atoms with Crippen molar-refractivity contribution in [3.8, 4) is 0 Å². The molecule has 0 saturated carbocycles. The zero-order valence-corrected chi connectivity index (χ0v) is 12.2. The second kappa shape index (κ2) is 4.84. The summed E-state index contributed by atoms with van der Waals surface area (Å²) >= 11 is 4.32. The van der Waals surface area contributed by atoms with Gasteiger partial charge in [0.15, 0.2) is 10.9 Å². The van der Waals surface area contributed by atoms with E-state index in [0.717, 1.165) is 9.40 Å². The SMILES string of the molecule is CC(=O)c1csc(NC(=O)c2cc3sccc3s2)n1. The van der Waals surface area contributed by atoms with Gasteiger partial charge in [0, 0.05) is 21.7 Å². The van der Waals surface area contributed by atoms with Gasteiger partial charge in [0.25, 0.3) is 5.91 Å². The van der Waals surface area contributed by atoms with Crippen LogP contribution in [0.25, 0.3) is 9.40 Å². The number of ketones is 1. The lowest BCUT2D eigenvalue weighted by Gasteiger charge is -1.97. The topological polar surface area (TPSA) is 59.1 Å². The van der Waals surface area contributed by atoms with Crippen LogP contribution >= 0.6 is 34.0 Å². The third-order valence-electron chi connectivity index (χ3n) is 2.45. The van der Waals surface area contributed by atoms with Gasteiger partial charge < -0.3 is 0 Å². The zero-order chi connectivity index (χ0) is 13.4. The lowest BCUT2D eigenvalue weighted by molar-refractivity contribution is 0.100. The van der Waals surface area contributed by atoms with Gasteiger partial charge in [0.2, 0.25) is 0 Å². The first-order valence-corrected chi connectivity index (χ1v) is 7.96. The number of hydrogen-bond acceptors (Lipinski definition) is 6. The molecule has 1 N–H and O–H groups in total. The predicted molar refractivity (Wildman–Crippen MR) is 79.8 cm³/mol. The van der Waals surface area contributed by atoms with Crippen LogP contribution in [0.5, 0.6) is 0 Å². The van der Waals surface area contributed by atoms with E-state index in [9.17, 15) is 9.59 Å². The summed E-state index contributed by atoms with van der Waals surface area (Å²) in [5.74, 6) is -0.286. The van der Waals surface area contributed by atoms with Crippen LogP contribution in [0.15, 0.2) is 22.9 Å². The third-order valence-corrected chi connectivity index (χ3v) is 5.30. The molecule has 0 unspecified atom stereocenters. The van der Waals surface area contributed by atoms with Crippen molar-refractivity contribution in [2.45, 2.75) is 6.92 Å². The molecule has 7 heteroatoms. The molecule has 3 aromatic rings. The third kappa shape index (κ3) is 2.44. The van der Waals surface area contributed by atoms with Crippen LogP contribution < -0.4 is 5.32 Å². The minimum atomic E-state index is -0.183. The van der Waals surface area contributed by atoms with Crippen molar-refractivity contribution >= 4 is 60.2 Å². The predicted octanol–water partition coefficient (Wildman–Crippen LogP) is 3.87. The molecule has 0 aromatic carbocycles. The highest BCUT2D eigenvalue weighted by molar-refractivity contribution is 7.28. The molecule has 0 atom stereocenters. The van der Waals surface area contributed by atoms with Gasteiger partial charge in [-0.3, -0.25) is 14.9 Å². The molecule has 3 heterocycles. The van der Waals surface area contributed by atoms with E-state index in [1.165, 1.54) is 29.6 Å². The summed E-state index contributed by atoms with van der Waals surface area (Å²) in [5, 5.41) is 6.81. The zero-order valence-electron chi connectivity index (χ0n) is 9.80. The summed E-state index contributed by atoms with van der Waals surface area (Å²) in [5.41, 5.74) is 0.382. The fraction of sp³-hybridized carbons (Fsp3) is 0.0833. The monoisotopic (exact) mass is 308 g/mol. The highest BCUT2D eigenvalue weighted by atomic mass is 32.1. The number of fused-ring (bicyclic) bond motifs is 1. The number of hydrogen-bond donors (Lipinski definition) is 1. The normalized spacial score (nSPS) is 10.8. The van der Waals surface area contributed by atoms with Crippen LogP contribution in [0.2, 0.25) is 0 Å². The van der Waals surface area contributed by atoms with Gasteiger partial charge in [-0.1, -0.05) is 0 Å². The number of amides is 1. The van der Waals surface area contributed by atoms with Gasteiger partial charge in [0.05, 0.1) is 4.88 Å². The van der Waals surface area contributed by atoms with Crippen molar-refractivity contribution in [3.05, 3.63) is 33.5 Å². The maximum atomic E-state index is 12.0. The molecule has 0 fully saturated rings. The van der Waals surface area contributed by atoms with E-state index in [-0.39, 0.29) is 11.7 Å². The van der Waals surface area contributed by atoms with Gasteiger partial charge >= 0.3 is 0 Å². The smallest absolute Gasteiger partial charge is 0.267 e. The molecule has 0 aliphatic carbocycles. The minimum absolute atomic E-state index is 0.103. The second-order valence-electron chi connectivity index (χ2n) is 3.81. The molecule has 0 aliphatic rings. The first kappa shape index (κ1) is 12.5. The maximum absolute atomic E-state index is 12.0. The van der Waals surface area contributed by atoms with E-state index >= 15 is 0 Å². The number of Topliss-reactive ketones (excluding diaryl/α,β-unsaturated/α-hetero) is 1. The average molecular weight is 308 g/mol. The van der Waals surface area contributed by atoms with Crippen LogP contribution in [0.3, 0.4) is 0 Å². The van der Waals surface area contributed by atoms with E-state index < -0.39 is 0 Å². The highest BCUT2D eigenvalue weighted by Crippen LogP contribution is 2.30. The highest BCUT2D eigenvalue weighted by Gasteiger charge is 2.13. The summed E-state index contributed by atoms with van der Waals surface area (Å²) in [4.78, 5) is 27.9. The Bertz CT molecular complexity index is 740. The number of thiazole rings is 1. The van der Waals surface area contributed by atoms with Crippen molar-refractivity contribution in [2.24, 2.45) is 0 Å². The van der Waals surface area contributed by atoms with Gasteiger partial charge in [0.1, 0.15) is 5.69 Å². The van der Waals surface area contributed by atoms with Crippen molar-refractivity contribution in [1.29, 1.82) is 0 Å². The van der Waals surface area contributed by atoms with E-state index in [1.807, 2.05) is 17.5 Å². The molecule has 0 spiro atoms. The Balaban J connectivity index is 1.80. The number of nitrogens with one attached hydrogen (secondary N) is 1. The molecule has 0 saturated heterocycles. The fourth-order valence-corrected chi connectivity index (χ4v) is 4.28. The van der Waals surface area contributed by atoms with E-state index in [2.05, 4.69) is 10.3 Å². The molecule has 19 heavy (non-hydrogen) atoms. The van der Waals surface area contributed by atoms with Crippen LogP contribution in [-0.2, 0) is 0 Å². The Morgan fingerprint density at radius 1 is 1.26 bits per heavy atom. The maximum Gasteiger partial charge on any atom is 0.267 e. The number of anilines is 1. The molecule has 1 amide bonds. The number of aromatic nitrogens is 1. The second-order valence-corrected chi connectivity index (χ2v) is 6.70. The summed E-state index contributed by atoms with van der Waals surface area (Å²) < 4.78 is 2.22. The Morgan fingerprint density at radius 3 is 2.79 bits per heavy atom. The number of carbonyl (C=O) groups excluding carboxylic acids is 2. The Kier molecular flexibility index (Phi) is 3.17. The summed E-state index contributed by atoms with van der Waals surface area (Å²) in [6.07, 6.45) is 0. The number of nitrogens with zero attached hydrogens (tertiary/aromatic N) is 1. The Morgan fingerprint density at radius 2 is 2.11 bits per heavy atom. The Labute approximate surface area is 120 Å². The molecule has 3 aromatic heterocycles. The summed E-state index contributed by atoms with van der Waals surface area (Å²) in [6.45, 7) is 1.45. The van der Waals surface area contributed by atoms with E-state index in [4.69, 9.17) is 0 Å². The lowest BCUT2D eigenvalue weighted by Crippen LogP contribution is -2.10. The van der Waals surface area contributed by atoms with Crippen molar-refractivity contribution < 1.29 is 9.59 Å². The van der Waals surface area contributed by atoms with Gasteiger partial charge in [-0.25, -0.2) is 4.98 Å². The standard InChI is InChI=1S/C12H8N2O2S3/c1-6(15)7-5-18-12(13-7)14-11(16)10-4-9-8(19-10)2-3-17-9/h2-5H,1H3,(H,13,14,16). The van der Waals surface area contributed by atoms with Gasteiger partial charge in [-0.15, -0.1) is 34.0 Å². The van der Waals surface area contributed by atoms with Crippen molar-refractivity contribution in [2.75, 3.05) is 5.32 Å². The van der Waals surface area contributed by atoms with Crippen molar-refractivity contribution in [1.82, 2.24) is 4.98 Å². The van der Waals surface area contributed by atoms with Crippen LogP contribution in [0, 0.1) is 0 Å². The molecule has 0 bridgehead atoms. The minimum Gasteiger partial charge on any atom is -0.297 e. The average Bonchev–Trinajstić information content (AvgIpc) is 3.02. The number of carbonyl (C=O) groups is 2. The van der Waals surface area contributed by atoms with Crippen LogP contribution in [0.1, 0.15) is 27.1 Å². The quantitative estimate of drug-likeness (QED) is 0.747. The number of thiophene rings is 2. The largest absolute Gasteiger partial charge is 0.297 e. The van der Waals surface area contributed by atoms with Gasteiger partial charge in [-0.2, -0.15) is 0 Å². The lowest BCUT2D eigenvalue weighted by atomic mass is 10.4. The molecule has 96 valence electrons. The molecule has 3 rings (SSSR count). The number of rotatable bonds is 3. The summed E-state index contributed by atoms with van der Waals surface area (Å²) in [7, 11) is 0. The molecule has 0 radical (unpaired) electrons. The van der Waals surface area contributed by atoms with Crippen molar-refractivity contribution in [3.63, 3.8) is 0 Å². The fourth-order valence-electron chi connectivity index (χ4n) is 1.53. The van der Waals surface area contributed by atoms with Crippen LogP contribution in [0.4, 0.5) is 5.13 Å². The Hall–Kier alpha value is -1.57. The molecular weight excluding hydrogens is 300 g/mol.